The summed E-state index contributed by atoms with van der Waals surface area (Å²) in [5, 5.41) is 19.7. The maximum Gasteiger partial charge on any atom is 0.407 e. The molecule has 11 heteroatoms. The Balaban J connectivity index is 2.16. The molecule has 0 aliphatic carbocycles. The molecule has 0 aromatic heterocycles. The average Bonchev–Trinajstić information content (AvgIpc) is 2.74. The Morgan fingerprint density at radius 2 is 1.58 bits per heavy atom. The fraction of sp³-hybridized carbons (Fsp3) is 0.407. The molecule has 10 nitrogen and oxygen atoms in total. The summed E-state index contributed by atoms with van der Waals surface area (Å²) in [7, 11) is 0. The zero-order chi connectivity index (χ0) is 28.8. The van der Waals surface area contributed by atoms with E-state index in [1.165, 1.54) is 0 Å². The number of rotatable bonds is 8. The van der Waals surface area contributed by atoms with Crippen LogP contribution in [-0.4, -0.2) is 46.8 Å². The van der Waals surface area contributed by atoms with Gasteiger partial charge in [-0.25, -0.2) is 18.8 Å². The SMILES string of the molecule is Cc1cc(C)c(NC(=O)Nc2cc(F)ccc2C(=O)N[C@@H](CC(C)NC(=O)OC(C)(C)C)C(=O)O)c(C)c1. The van der Waals surface area contributed by atoms with E-state index in [1.54, 1.807) is 27.7 Å². The number of carboxylic acids is 1. The Bertz CT molecular complexity index is 1200. The van der Waals surface area contributed by atoms with Gasteiger partial charge < -0.3 is 31.1 Å². The third kappa shape index (κ3) is 9.06. The molecule has 38 heavy (non-hydrogen) atoms. The maximum absolute atomic E-state index is 14.0. The van der Waals surface area contributed by atoms with Crippen LogP contribution in [0.3, 0.4) is 0 Å². The van der Waals surface area contributed by atoms with Gasteiger partial charge in [-0.2, -0.15) is 0 Å². The van der Waals surface area contributed by atoms with Crippen molar-refractivity contribution >= 4 is 35.4 Å². The lowest BCUT2D eigenvalue weighted by Gasteiger charge is -2.24. The summed E-state index contributed by atoms with van der Waals surface area (Å²) in [6.07, 6.45) is -0.882. The first-order chi connectivity index (χ1) is 17.6. The lowest BCUT2D eigenvalue weighted by Crippen LogP contribution is -2.46. The van der Waals surface area contributed by atoms with Gasteiger partial charge in [0.1, 0.15) is 17.5 Å². The molecule has 0 aliphatic heterocycles. The number of anilines is 2. The van der Waals surface area contributed by atoms with Crippen LogP contribution < -0.4 is 21.3 Å². The quantitative estimate of drug-likeness (QED) is 0.329. The third-order valence-electron chi connectivity index (χ3n) is 5.35. The zero-order valence-corrected chi connectivity index (χ0v) is 22.6. The lowest BCUT2D eigenvalue weighted by atomic mass is 10.1. The number of carbonyl (C=O) groups excluding carboxylic acids is 3. The molecule has 2 aromatic rings. The number of ether oxygens (including phenoxy) is 1. The van der Waals surface area contributed by atoms with Gasteiger partial charge in [-0.1, -0.05) is 17.7 Å². The summed E-state index contributed by atoms with van der Waals surface area (Å²) in [5.74, 6) is -2.89. The van der Waals surface area contributed by atoms with E-state index in [4.69, 9.17) is 4.74 Å². The summed E-state index contributed by atoms with van der Waals surface area (Å²) in [5.41, 5.74) is 2.23. The van der Waals surface area contributed by atoms with Crippen molar-refractivity contribution < 1.29 is 33.4 Å². The molecular formula is C27H35FN4O6. The second kappa shape index (κ2) is 12.4. The van der Waals surface area contributed by atoms with Crippen molar-refractivity contribution in [2.75, 3.05) is 10.6 Å². The molecule has 0 fully saturated rings. The van der Waals surface area contributed by atoms with Crippen molar-refractivity contribution in [1.82, 2.24) is 10.6 Å². The van der Waals surface area contributed by atoms with Crippen molar-refractivity contribution in [2.45, 2.75) is 72.6 Å². The van der Waals surface area contributed by atoms with E-state index in [0.717, 1.165) is 34.9 Å². The summed E-state index contributed by atoms with van der Waals surface area (Å²) >= 11 is 0. The minimum atomic E-state index is -1.39. The van der Waals surface area contributed by atoms with Gasteiger partial charge in [0.25, 0.3) is 5.91 Å². The van der Waals surface area contributed by atoms with Gasteiger partial charge in [0.15, 0.2) is 0 Å². The summed E-state index contributed by atoms with van der Waals surface area (Å²) in [4.78, 5) is 49.5. The molecule has 2 rings (SSSR count). The van der Waals surface area contributed by atoms with Crippen LogP contribution in [0.1, 0.15) is 61.2 Å². The highest BCUT2D eigenvalue weighted by Crippen LogP contribution is 2.23. The van der Waals surface area contributed by atoms with E-state index in [9.17, 15) is 28.7 Å². The fourth-order valence-electron chi connectivity index (χ4n) is 3.84. The number of urea groups is 1. The number of hydrogen-bond acceptors (Lipinski definition) is 5. The smallest absolute Gasteiger partial charge is 0.407 e. The van der Waals surface area contributed by atoms with Crippen molar-refractivity contribution in [2.24, 2.45) is 0 Å². The maximum atomic E-state index is 14.0. The predicted octanol–water partition coefficient (Wildman–Crippen LogP) is 4.88. The molecule has 2 atom stereocenters. The molecule has 4 amide bonds. The van der Waals surface area contributed by atoms with Crippen LogP contribution in [0.4, 0.5) is 25.4 Å². The number of carboxylic acid groups (broad SMARTS) is 1. The fourth-order valence-corrected chi connectivity index (χ4v) is 3.84. The molecule has 206 valence electrons. The second-order valence-corrected chi connectivity index (χ2v) is 10.2. The number of halogens is 1. The largest absolute Gasteiger partial charge is 0.480 e. The first-order valence-electron chi connectivity index (χ1n) is 12.0. The molecular weight excluding hydrogens is 495 g/mol. The average molecular weight is 531 g/mol. The Hall–Kier alpha value is -4.15. The highest BCUT2D eigenvalue weighted by molar-refractivity contribution is 6.07. The number of alkyl carbamates (subject to hydrolysis) is 1. The molecule has 2 aromatic carbocycles. The summed E-state index contributed by atoms with van der Waals surface area (Å²) in [6.45, 7) is 12.2. The number of benzene rings is 2. The van der Waals surface area contributed by atoms with Gasteiger partial charge in [-0.15, -0.1) is 0 Å². The monoisotopic (exact) mass is 530 g/mol. The lowest BCUT2D eigenvalue weighted by molar-refractivity contribution is -0.139. The molecule has 0 aliphatic rings. The molecule has 0 saturated carbocycles. The summed E-state index contributed by atoms with van der Waals surface area (Å²) in [6, 6.07) is 4.17. The topological polar surface area (TPSA) is 146 Å². The Kier molecular flexibility index (Phi) is 9.81. The van der Waals surface area contributed by atoms with Crippen LogP contribution in [0.25, 0.3) is 0 Å². The van der Waals surface area contributed by atoms with Gasteiger partial charge >= 0.3 is 18.1 Å². The van der Waals surface area contributed by atoms with Crippen molar-refractivity contribution in [3.63, 3.8) is 0 Å². The van der Waals surface area contributed by atoms with Crippen molar-refractivity contribution in [3.05, 3.63) is 58.4 Å². The number of aliphatic carboxylic acids is 1. The molecule has 0 spiro atoms. The van der Waals surface area contributed by atoms with Gasteiger partial charge in [-0.3, -0.25) is 4.79 Å². The Morgan fingerprint density at radius 1 is 0.974 bits per heavy atom. The molecule has 5 N–H and O–H groups in total. The van der Waals surface area contributed by atoms with E-state index < -0.39 is 47.5 Å². The standard InChI is InChI=1S/C27H35FN4O6/c1-14-10-15(2)22(16(3)11-14)32-25(36)31-20-13-18(28)8-9-19(20)23(33)30-21(24(34)35)12-17(4)29-26(37)38-27(5,6)7/h8-11,13,17,21H,12H2,1-7H3,(H,29,37)(H,30,33)(H,34,35)(H2,31,32,36)/t17?,21-/m0/s1. The molecule has 1 unspecified atom stereocenters. The van der Waals surface area contributed by atoms with E-state index in [1.807, 2.05) is 32.9 Å². The second-order valence-electron chi connectivity index (χ2n) is 10.2. The van der Waals surface area contributed by atoms with E-state index >= 15 is 0 Å². The molecule has 0 heterocycles. The molecule has 0 saturated heterocycles. The first-order valence-corrected chi connectivity index (χ1v) is 12.0. The number of carbonyl (C=O) groups is 4. The van der Waals surface area contributed by atoms with Gasteiger partial charge in [-0.05, 0) is 84.2 Å². The number of hydrogen-bond donors (Lipinski definition) is 5. The van der Waals surface area contributed by atoms with Crippen LogP contribution in [0.15, 0.2) is 30.3 Å². The van der Waals surface area contributed by atoms with Crippen molar-refractivity contribution in [1.29, 1.82) is 0 Å². The van der Waals surface area contributed by atoms with Crippen molar-refractivity contribution in [3.8, 4) is 0 Å². The first kappa shape index (κ1) is 30.1. The third-order valence-corrected chi connectivity index (χ3v) is 5.35. The number of aryl methyl sites for hydroxylation is 3. The van der Waals surface area contributed by atoms with Crippen LogP contribution in [0.5, 0.6) is 0 Å². The summed E-state index contributed by atoms with van der Waals surface area (Å²) < 4.78 is 19.2. The number of amides is 4. The highest BCUT2D eigenvalue weighted by atomic mass is 19.1. The van der Waals surface area contributed by atoms with Gasteiger partial charge in [0, 0.05) is 11.7 Å². The minimum Gasteiger partial charge on any atom is -0.480 e. The highest BCUT2D eigenvalue weighted by Gasteiger charge is 2.26. The van der Waals surface area contributed by atoms with Gasteiger partial charge in [0.2, 0.25) is 0 Å². The zero-order valence-electron chi connectivity index (χ0n) is 22.6. The Labute approximate surface area is 221 Å². The van der Waals surface area contributed by atoms with Crippen LogP contribution in [0.2, 0.25) is 0 Å². The van der Waals surface area contributed by atoms with Crippen LogP contribution >= 0.6 is 0 Å². The minimum absolute atomic E-state index is 0.141. The number of nitrogens with one attached hydrogen (secondary N) is 4. The van der Waals surface area contributed by atoms with E-state index in [0.29, 0.717) is 5.69 Å². The van der Waals surface area contributed by atoms with E-state index in [2.05, 4.69) is 21.3 Å². The van der Waals surface area contributed by atoms with Crippen LogP contribution in [0, 0.1) is 26.6 Å². The predicted molar refractivity (Wildman–Crippen MR) is 142 cm³/mol. The van der Waals surface area contributed by atoms with Gasteiger partial charge in [0.05, 0.1) is 11.3 Å². The Morgan fingerprint density at radius 3 is 2.13 bits per heavy atom. The molecule has 0 bridgehead atoms. The van der Waals surface area contributed by atoms with E-state index in [-0.39, 0.29) is 17.7 Å². The molecule has 0 radical (unpaired) electrons. The normalized spacial score (nSPS) is 12.6. The van der Waals surface area contributed by atoms with Crippen LogP contribution in [-0.2, 0) is 9.53 Å².